The van der Waals surface area contributed by atoms with Gasteiger partial charge >= 0.3 is 0 Å². The second kappa shape index (κ2) is 11.9. The van der Waals surface area contributed by atoms with Crippen molar-refractivity contribution in [3.8, 4) is 0 Å². The molecule has 1 aliphatic rings. The molecule has 0 bridgehead atoms. The number of para-hydroxylation sites is 2. The zero-order valence-electron chi connectivity index (χ0n) is 23.1. The number of anilines is 2. The molecule has 0 radical (unpaired) electrons. The van der Waals surface area contributed by atoms with Crippen LogP contribution >= 0.6 is 27.3 Å². The molecule has 0 N–H and O–H groups in total. The van der Waals surface area contributed by atoms with Gasteiger partial charge in [0.1, 0.15) is 5.58 Å². The highest BCUT2D eigenvalue weighted by Crippen LogP contribution is 2.35. The number of carbonyl (C=O) groups is 1. The molecular formula is C32H30BrN3O4S2. The number of fused-ring (bicyclic) bond motifs is 1. The molecule has 10 heteroatoms. The van der Waals surface area contributed by atoms with Crippen LogP contribution in [0.4, 0.5) is 11.4 Å². The number of hydrogen-bond donors (Lipinski definition) is 0. The van der Waals surface area contributed by atoms with Gasteiger partial charge in [-0.1, -0.05) is 42.5 Å². The van der Waals surface area contributed by atoms with Gasteiger partial charge in [0, 0.05) is 48.0 Å². The van der Waals surface area contributed by atoms with Crippen molar-refractivity contribution in [1.29, 1.82) is 0 Å². The van der Waals surface area contributed by atoms with E-state index in [1.165, 1.54) is 15.6 Å². The normalized spacial score (nSPS) is 14.0. The number of halogens is 1. The van der Waals surface area contributed by atoms with E-state index >= 15 is 0 Å². The van der Waals surface area contributed by atoms with Gasteiger partial charge in [-0.25, -0.2) is 8.42 Å². The van der Waals surface area contributed by atoms with Crippen molar-refractivity contribution >= 4 is 65.5 Å². The molecule has 3 heterocycles. The fourth-order valence-corrected chi connectivity index (χ4v) is 8.24. The first-order valence-electron chi connectivity index (χ1n) is 13.7. The van der Waals surface area contributed by atoms with Crippen LogP contribution in [0.25, 0.3) is 11.0 Å². The summed E-state index contributed by atoms with van der Waals surface area (Å²) in [6, 6.07) is 24.5. The monoisotopic (exact) mass is 663 g/mol. The fraction of sp³-hybridized carbons (Fsp3) is 0.219. The largest absolute Gasteiger partial charge is 0.464 e. The van der Waals surface area contributed by atoms with Crippen LogP contribution in [0.5, 0.6) is 0 Å². The van der Waals surface area contributed by atoms with Gasteiger partial charge in [0.15, 0.2) is 0 Å². The van der Waals surface area contributed by atoms with Crippen molar-refractivity contribution in [3.63, 3.8) is 0 Å². The summed E-state index contributed by atoms with van der Waals surface area (Å²) in [5.41, 5.74) is 4.06. The number of piperazine rings is 1. The lowest BCUT2D eigenvalue weighted by atomic mass is 10.1. The minimum absolute atomic E-state index is 0.0237. The van der Waals surface area contributed by atoms with Gasteiger partial charge in [-0.05, 0) is 76.8 Å². The molecule has 0 aliphatic carbocycles. The molecule has 2 aromatic heterocycles. The first-order valence-corrected chi connectivity index (χ1v) is 16.8. The molecule has 5 aromatic rings. The number of carbonyl (C=O) groups excluding carboxylic acids is 1. The number of rotatable bonds is 8. The molecule has 0 atom stereocenters. The van der Waals surface area contributed by atoms with Crippen LogP contribution in [0.3, 0.4) is 0 Å². The Bertz CT molecular complexity index is 1830. The lowest BCUT2D eigenvalue weighted by molar-refractivity contribution is 0.0751. The van der Waals surface area contributed by atoms with Gasteiger partial charge in [-0.3, -0.25) is 9.10 Å². The smallest absolute Gasteiger partial charge is 0.264 e. The quantitative estimate of drug-likeness (QED) is 0.179. The molecule has 1 amide bonds. The second-order valence-electron chi connectivity index (χ2n) is 10.3. The van der Waals surface area contributed by atoms with Gasteiger partial charge < -0.3 is 14.2 Å². The number of hydrogen-bond acceptors (Lipinski definition) is 6. The molecular weight excluding hydrogens is 634 g/mol. The van der Waals surface area contributed by atoms with Gasteiger partial charge in [-0.2, -0.15) is 0 Å². The summed E-state index contributed by atoms with van der Waals surface area (Å²) in [5, 5.41) is 2.70. The van der Waals surface area contributed by atoms with Crippen LogP contribution in [0.15, 0.2) is 104 Å². The summed E-state index contributed by atoms with van der Waals surface area (Å²) in [7, 11) is -3.93. The molecule has 42 heavy (non-hydrogen) atoms. The summed E-state index contributed by atoms with van der Waals surface area (Å²) in [6.45, 7) is 4.49. The fourth-order valence-electron chi connectivity index (χ4n) is 5.34. The van der Waals surface area contributed by atoms with Crippen molar-refractivity contribution in [2.75, 3.05) is 41.9 Å². The van der Waals surface area contributed by atoms with Crippen molar-refractivity contribution in [1.82, 2.24) is 4.90 Å². The molecule has 3 aromatic carbocycles. The van der Waals surface area contributed by atoms with Crippen LogP contribution in [0, 0.1) is 6.92 Å². The van der Waals surface area contributed by atoms with Crippen LogP contribution in [-0.4, -0.2) is 51.9 Å². The Labute approximate surface area is 258 Å². The first kappa shape index (κ1) is 28.5. The third-order valence-corrected chi connectivity index (χ3v) is 11.1. The van der Waals surface area contributed by atoms with E-state index in [1.807, 2.05) is 77.9 Å². The maximum absolute atomic E-state index is 14.4. The zero-order chi connectivity index (χ0) is 29.3. The van der Waals surface area contributed by atoms with E-state index in [0.717, 1.165) is 26.7 Å². The maximum atomic E-state index is 14.4. The molecule has 0 unspecified atom stereocenters. The van der Waals surface area contributed by atoms with Crippen molar-refractivity contribution in [2.45, 2.75) is 18.2 Å². The third kappa shape index (κ3) is 5.71. The molecule has 7 nitrogen and oxygen atoms in total. The van der Waals surface area contributed by atoms with E-state index in [4.69, 9.17) is 4.42 Å². The number of benzene rings is 3. The highest BCUT2D eigenvalue weighted by atomic mass is 79.9. The SMILES string of the molecule is Cc1coc2ccc(S(=O)(=O)N(CCc3ccccc3)c3ccccc3N3CCN(C(=O)c4cc(Br)cs4)CC3)cc12. The van der Waals surface area contributed by atoms with Crippen molar-refractivity contribution in [3.05, 3.63) is 111 Å². The maximum Gasteiger partial charge on any atom is 0.264 e. The van der Waals surface area contributed by atoms with Crippen LogP contribution in [0.1, 0.15) is 20.8 Å². The number of furan rings is 1. The summed E-state index contributed by atoms with van der Waals surface area (Å²) < 4.78 is 36.8. The highest BCUT2D eigenvalue weighted by molar-refractivity contribution is 9.10. The highest BCUT2D eigenvalue weighted by Gasteiger charge is 2.30. The Morgan fingerprint density at radius 1 is 0.976 bits per heavy atom. The summed E-state index contributed by atoms with van der Waals surface area (Å²) in [5.74, 6) is 0.0237. The van der Waals surface area contributed by atoms with Crippen molar-refractivity contribution in [2.24, 2.45) is 0 Å². The molecule has 0 saturated carbocycles. The molecule has 6 rings (SSSR count). The molecule has 1 saturated heterocycles. The molecule has 216 valence electrons. The predicted molar refractivity (Wildman–Crippen MR) is 172 cm³/mol. The summed E-state index contributed by atoms with van der Waals surface area (Å²) in [4.78, 5) is 18.0. The van der Waals surface area contributed by atoms with E-state index < -0.39 is 10.0 Å². The van der Waals surface area contributed by atoms with E-state index in [0.29, 0.717) is 48.7 Å². The number of nitrogens with zero attached hydrogens (tertiary/aromatic N) is 3. The standard InChI is InChI=1S/C32H30BrN3O4S2/c1-23-21-40-30-12-11-26(20-27(23)30)42(38,39)36(14-13-24-7-3-2-4-8-24)29-10-6-5-9-28(29)34-15-17-35(18-16-34)32(37)31-19-25(33)22-41-31/h2-12,19-22H,13-18H2,1H3. The van der Waals surface area contributed by atoms with Gasteiger partial charge in [0.2, 0.25) is 0 Å². The number of amides is 1. The summed E-state index contributed by atoms with van der Waals surface area (Å²) in [6.07, 6.45) is 2.20. The Morgan fingerprint density at radius 2 is 1.71 bits per heavy atom. The average molecular weight is 665 g/mol. The van der Waals surface area contributed by atoms with E-state index in [2.05, 4.69) is 20.8 Å². The van der Waals surface area contributed by atoms with Crippen LogP contribution in [0.2, 0.25) is 0 Å². The Hall–Kier alpha value is -3.60. The second-order valence-corrected chi connectivity index (χ2v) is 14.0. The van der Waals surface area contributed by atoms with E-state index in [9.17, 15) is 13.2 Å². The number of thiophene rings is 1. The van der Waals surface area contributed by atoms with Crippen molar-refractivity contribution < 1.29 is 17.6 Å². The topological polar surface area (TPSA) is 74.1 Å². The number of aryl methyl sites for hydroxylation is 1. The first-order chi connectivity index (χ1) is 20.3. The zero-order valence-corrected chi connectivity index (χ0v) is 26.3. The minimum atomic E-state index is -3.93. The van der Waals surface area contributed by atoms with Gasteiger partial charge in [0.25, 0.3) is 15.9 Å². The average Bonchev–Trinajstić information content (AvgIpc) is 3.62. The Morgan fingerprint density at radius 3 is 2.45 bits per heavy atom. The molecule has 1 aliphatic heterocycles. The minimum Gasteiger partial charge on any atom is -0.464 e. The van der Waals surface area contributed by atoms with Gasteiger partial charge in [0.05, 0.1) is 27.4 Å². The predicted octanol–water partition coefficient (Wildman–Crippen LogP) is 6.97. The number of sulfonamides is 1. The Balaban J connectivity index is 1.32. The van der Waals surface area contributed by atoms with Crippen LogP contribution < -0.4 is 9.21 Å². The third-order valence-electron chi connectivity index (χ3n) is 7.61. The molecule has 0 spiro atoms. The molecule has 1 fully saturated rings. The lowest BCUT2D eigenvalue weighted by Crippen LogP contribution is -2.49. The summed E-state index contributed by atoms with van der Waals surface area (Å²) >= 11 is 4.86. The lowest BCUT2D eigenvalue weighted by Gasteiger charge is -2.38. The van der Waals surface area contributed by atoms with Gasteiger partial charge in [-0.15, -0.1) is 11.3 Å². The van der Waals surface area contributed by atoms with E-state index in [-0.39, 0.29) is 17.3 Å². The van der Waals surface area contributed by atoms with E-state index in [1.54, 1.807) is 24.5 Å². The van der Waals surface area contributed by atoms with Crippen LogP contribution in [-0.2, 0) is 16.4 Å². The Kier molecular flexibility index (Phi) is 8.11.